The monoisotopic (exact) mass is 429 g/mol. The highest BCUT2D eigenvalue weighted by Gasteiger charge is 2.32. The van der Waals surface area contributed by atoms with Gasteiger partial charge in [0.05, 0.1) is 11.9 Å². The number of aromatic amines is 1. The van der Waals surface area contributed by atoms with Crippen molar-refractivity contribution in [3.05, 3.63) is 22.8 Å². The van der Waals surface area contributed by atoms with Crippen molar-refractivity contribution in [2.24, 2.45) is 0 Å². The van der Waals surface area contributed by atoms with Crippen LogP contribution in [0.15, 0.2) is 12.3 Å². The molecule has 0 aliphatic carbocycles. The van der Waals surface area contributed by atoms with Gasteiger partial charge in [-0.3, -0.25) is 14.8 Å². The molecule has 0 radical (unpaired) electrons. The van der Waals surface area contributed by atoms with Crippen LogP contribution in [0, 0.1) is 6.92 Å². The van der Waals surface area contributed by atoms with E-state index in [0.717, 1.165) is 78.7 Å². The van der Waals surface area contributed by atoms with E-state index in [1.165, 1.54) is 11.3 Å². The van der Waals surface area contributed by atoms with E-state index >= 15 is 0 Å². The summed E-state index contributed by atoms with van der Waals surface area (Å²) < 4.78 is 0. The van der Waals surface area contributed by atoms with Crippen LogP contribution in [-0.2, 0) is 0 Å². The number of nitrogens with zero attached hydrogens (tertiary/aromatic N) is 3. The van der Waals surface area contributed by atoms with Gasteiger partial charge >= 0.3 is 6.03 Å². The number of aryl methyl sites for hydroxylation is 1. The molecule has 2 saturated heterocycles. The lowest BCUT2D eigenvalue weighted by atomic mass is 10.0. The number of urea groups is 1. The zero-order valence-corrected chi connectivity index (χ0v) is 17.8. The first kappa shape index (κ1) is 19.4. The molecule has 0 saturated carbocycles. The van der Waals surface area contributed by atoms with Gasteiger partial charge in [-0.15, -0.1) is 11.3 Å². The maximum absolute atomic E-state index is 12.7. The Balaban J connectivity index is 1.20. The summed E-state index contributed by atoms with van der Waals surface area (Å²) in [7, 11) is 0. The Kier molecular flexibility index (Phi) is 5.11. The Labute approximate surface area is 179 Å². The average molecular weight is 430 g/mol. The summed E-state index contributed by atoms with van der Waals surface area (Å²) in [5.74, 6) is -0.0222. The third kappa shape index (κ3) is 3.65. The van der Waals surface area contributed by atoms with Gasteiger partial charge in [0.25, 0.3) is 5.91 Å². The molecular formula is C20H27N7O2S. The third-order valence-electron chi connectivity index (χ3n) is 6.22. The summed E-state index contributed by atoms with van der Waals surface area (Å²) >= 11 is 1.49. The van der Waals surface area contributed by atoms with Crippen LogP contribution in [0.1, 0.15) is 34.6 Å². The molecule has 160 valence electrons. The van der Waals surface area contributed by atoms with Crippen LogP contribution >= 0.6 is 11.3 Å². The zero-order valence-electron chi connectivity index (χ0n) is 17.0. The van der Waals surface area contributed by atoms with E-state index in [0.29, 0.717) is 6.04 Å². The minimum Gasteiger partial charge on any atom is -0.363 e. The predicted molar refractivity (Wildman–Crippen MR) is 116 cm³/mol. The van der Waals surface area contributed by atoms with Crippen molar-refractivity contribution in [1.29, 1.82) is 0 Å². The number of amides is 3. The molecule has 1 unspecified atom stereocenters. The van der Waals surface area contributed by atoms with Crippen LogP contribution < -0.4 is 16.0 Å². The van der Waals surface area contributed by atoms with Gasteiger partial charge < -0.3 is 20.9 Å². The minimum atomic E-state index is -0.118. The normalized spacial score (nSPS) is 23.0. The number of fused-ring (bicyclic) bond motifs is 1. The molecule has 30 heavy (non-hydrogen) atoms. The topological polar surface area (TPSA) is 105 Å². The molecule has 0 aromatic carbocycles. The number of anilines is 1. The first-order valence-electron chi connectivity index (χ1n) is 10.6. The van der Waals surface area contributed by atoms with Gasteiger partial charge in [0, 0.05) is 54.9 Å². The van der Waals surface area contributed by atoms with Crippen molar-refractivity contribution < 1.29 is 9.59 Å². The molecule has 2 aromatic rings. The van der Waals surface area contributed by atoms with Crippen molar-refractivity contribution >= 4 is 29.0 Å². The lowest BCUT2D eigenvalue weighted by Crippen LogP contribution is -2.56. The second-order valence-corrected chi connectivity index (χ2v) is 9.30. The molecule has 3 aliphatic rings. The van der Waals surface area contributed by atoms with Gasteiger partial charge in [-0.2, -0.15) is 5.10 Å². The number of hydrogen-bond acceptors (Lipinski definition) is 6. The molecule has 2 aromatic heterocycles. The number of rotatable bonds is 4. The molecule has 2 fully saturated rings. The van der Waals surface area contributed by atoms with E-state index in [-0.39, 0.29) is 18.1 Å². The Morgan fingerprint density at radius 3 is 2.77 bits per heavy atom. The molecule has 5 rings (SSSR count). The molecule has 3 aliphatic heterocycles. The van der Waals surface area contributed by atoms with Gasteiger partial charge in [-0.1, -0.05) is 0 Å². The predicted octanol–water partition coefficient (Wildman–Crippen LogP) is 1.81. The Morgan fingerprint density at radius 2 is 2.03 bits per heavy atom. The smallest absolute Gasteiger partial charge is 0.317 e. The highest BCUT2D eigenvalue weighted by atomic mass is 32.1. The fourth-order valence-corrected chi connectivity index (χ4v) is 5.70. The molecule has 10 heteroatoms. The quantitative estimate of drug-likeness (QED) is 0.593. The van der Waals surface area contributed by atoms with E-state index in [9.17, 15) is 9.59 Å². The number of thiophene rings is 1. The lowest BCUT2D eigenvalue weighted by molar-refractivity contribution is 0.0894. The highest BCUT2D eigenvalue weighted by molar-refractivity contribution is 7.18. The van der Waals surface area contributed by atoms with Gasteiger partial charge in [0.2, 0.25) is 0 Å². The van der Waals surface area contributed by atoms with E-state index in [4.69, 9.17) is 0 Å². The van der Waals surface area contributed by atoms with Crippen molar-refractivity contribution in [2.75, 3.05) is 38.0 Å². The van der Waals surface area contributed by atoms with Crippen LogP contribution in [0.25, 0.3) is 10.4 Å². The summed E-state index contributed by atoms with van der Waals surface area (Å²) in [5.41, 5.74) is 2.92. The number of likely N-dealkylation sites (tertiary alicyclic amines) is 1. The number of piperidine rings is 1. The van der Waals surface area contributed by atoms with Crippen LogP contribution in [0.5, 0.6) is 0 Å². The highest BCUT2D eigenvalue weighted by Crippen LogP contribution is 2.37. The Morgan fingerprint density at radius 1 is 1.20 bits per heavy atom. The molecule has 0 spiro atoms. The van der Waals surface area contributed by atoms with Crippen molar-refractivity contribution in [3.63, 3.8) is 0 Å². The average Bonchev–Trinajstić information content (AvgIpc) is 3.35. The van der Waals surface area contributed by atoms with Crippen LogP contribution in [0.2, 0.25) is 0 Å². The molecule has 5 heterocycles. The van der Waals surface area contributed by atoms with Crippen LogP contribution in [0.3, 0.4) is 0 Å². The molecule has 1 atom stereocenters. The summed E-state index contributed by atoms with van der Waals surface area (Å²) in [6.45, 7) is 6.23. The zero-order chi connectivity index (χ0) is 20.7. The number of carbonyl (C=O) groups excluding carboxylic acids is 2. The van der Waals surface area contributed by atoms with Gasteiger partial charge in [0.15, 0.2) is 0 Å². The van der Waals surface area contributed by atoms with Crippen LogP contribution in [0.4, 0.5) is 10.5 Å². The lowest BCUT2D eigenvalue weighted by Gasteiger charge is -2.41. The number of hydrogen-bond donors (Lipinski definition) is 4. The van der Waals surface area contributed by atoms with Crippen molar-refractivity contribution in [3.8, 4) is 10.4 Å². The number of carbonyl (C=O) groups is 2. The SMILES string of the molecule is Cc1[nH]ncc1-c1cc2c(s1)C(=O)NC(CN1CCC(N3CCCNC3=O)CC1)N2. The fraction of sp³-hybridized carbons (Fsp3) is 0.550. The first-order chi connectivity index (χ1) is 14.6. The summed E-state index contributed by atoms with van der Waals surface area (Å²) in [5, 5.41) is 16.6. The third-order valence-corrected chi connectivity index (χ3v) is 7.39. The van der Waals surface area contributed by atoms with E-state index in [1.807, 2.05) is 17.9 Å². The molecule has 4 N–H and O–H groups in total. The number of aromatic nitrogens is 2. The summed E-state index contributed by atoms with van der Waals surface area (Å²) in [6.07, 6.45) is 4.65. The van der Waals surface area contributed by atoms with E-state index in [1.54, 1.807) is 6.20 Å². The van der Waals surface area contributed by atoms with Gasteiger partial charge in [-0.25, -0.2) is 4.79 Å². The largest absolute Gasteiger partial charge is 0.363 e. The first-order valence-corrected chi connectivity index (χ1v) is 11.4. The van der Waals surface area contributed by atoms with Gasteiger partial charge in [-0.05, 0) is 32.3 Å². The molecule has 0 bridgehead atoms. The van der Waals surface area contributed by atoms with E-state index in [2.05, 4.69) is 31.0 Å². The fourth-order valence-electron chi connectivity index (χ4n) is 4.61. The van der Waals surface area contributed by atoms with E-state index < -0.39 is 0 Å². The number of nitrogens with one attached hydrogen (secondary N) is 4. The Hall–Kier alpha value is -2.59. The maximum Gasteiger partial charge on any atom is 0.317 e. The molecule has 3 amide bonds. The van der Waals surface area contributed by atoms with Crippen molar-refractivity contribution in [2.45, 2.75) is 38.4 Å². The maximum atomic E-state index is 12.7. The molecular weight excluding hydrogens is 402 g/mol. The van der Waals surface area contributed by atoms with Crippen molar-refractivity contribution in [1.82, 2.24) is 30.6 Å². The molecule has 9 nitrogen and oxygen atoms in total. The summed E-state index contributed by atoms with van der Waals surface area (Å²) in [4.78, 5) is 30.9. The standard InChI is InChI=1S/C20H27N7O2S/c1-12-14(10-22-25-12)16-9-15-18(30-16)19(28)24-17(23-15)11-26-7-3-13(4-8-26)27-6-2-5-21-20(27)29/h9-10,13,17,23H,2-8,11H2,1H3,(H,21,29)(H,22,25)(H,24,28). The second kappa shape index (κ2) is 7.92. The second-order valence-electron chi connectivity index (χ2n) is 8.24. The van der Waals surface area contributed by atoms with Crippen LogP contribution in [-0.4, -0.2) is 76.9 Å². The number of H-pyrrole nitrogens is 1. The summed E-state index contributed by atoms with van der Waals surface area (Å²) in [6, 6.07) is 2.44. The Bertz CT molecular complexity index is 947. The van der Waals surface area contributed by atoms with Gasteiger partial charge in [0.1, 0.15) is 11.0 Å². The minimum absolute atomic E-state index is 0.0222.